The number of likely N-dealkylation sites (N-methyl/N-ethyl adjacent to an activating group) is 1. The zero-order chi connectivity index (χ0) is 18.4. The molecule has 1 aromatic rings. The van der Waals surface area contributed by atoms with Gasteiger partial charge in [0.25, 0.3) is 0 Å². The van der Waals surface area contributed by atoms with Gasteiger partial charge in [-0.2, -0.15) is 0 Å². The van der Waals surface area contributed by atoms with Crippen LogP contribution < -0.4 is 5.32 Å². The Kier molecular flexibility index (Phi) is 6.83. The summed E-state index contributed by atoms with van der Waals surface area (Å²) >= 11 is 0. The number of halogens is 2. The minimum atomic E-state index is -0.843. The third kappa shape index (κ3) is 5.75. The Labute approximate surface area is 145 Å². The average molecular weight is 355 g/mol. The topological polar surface area (TPSA) is 72.9 Å². The van der Waals surface area contributed by atoms with E-state index in [4.69, 9.17) is 5.11 Å². The summed E-state index contributed by atoms with van der Waals surface area (Å²) in [4.78, 5) is 26.8. The Morgan fingerprint density at radius 2 is 2.00 bits per heavy atom. The summed E-state index contributed by atoms with van der Waals surface area (Å²) in [6.45, 7) is 4.07. The molecule has 1 aliphatic rings. The quantitative estimate of drug-likeness (QED) is 0.780. The summed E-state index contributed by atoms with van der Waals surface area (Å²) in [5.41, 5.74) is -0.0418. The van der Waals surface area contributed by atoms with E-state index in [1.807, 2.05) is 16.7 Å². The highest BCUT2D eigenvalue weighted by Crippen LogP contribution is 2.18. The molecule has 0 bridgehead atoms. The van der Waals surface area contributed by atoms with E-state index in [-0.39, 0.29) is 30.7 Å². The lowest BCUT2D eigenvalue weighted by Crippen LogP contribution is -2.48. The van der Waals surface area contributed by atoms with E-state index >= 15 is 0 Å². The van der Waals surface area contributed by atoms with Gasteiger partial charge in [0.15, 0.2) is 0 Å². The maximum atomic E-state index is 13.6. The molecule has 1 fully saturated rings. The molecule has 2 N–H and O–H groups in total. The molecule has 1 heterocycles. The number of benzene rings is 1. The number of nitrogens with zero attached hydrogens (tertiary/aromatic N) is 2. The number of carbonyl (C=O) groups excluding carboxylic acids is 1. The molecule has 0 aromatic heterocycles. The number of piperidine rings is 1. The smallest absolute Gasteiger partial charge is 0.317 e. The molecular formula is C17H23F2N3O3. The fraction of sp³-hybridized carbons (Fsp3) is 0.529. The number of carboxylic acids is 1. The number of hydrogen-bond donors (Lipinski definition) is 2. The number of hydrogen-bond acceptors (Lipinski definition) is 4. The van der Waals surface area contributed by atoms with E-state index < -0.39 is 17.6 Å². The lowest BCUT2D eigenvalue weighted by atomic mass is 10.0. The third-order valence-electron chi connectivity index (χ3n) is 4.39. The van der Waals surface area contributed by atoms with Crippen LogP contribution in [0.2, 0.25) is 0 Å². The van der Waals surface area contributed by atoms with Gasteiger partial charge in [-0.05, 0) is 31.5 Å². The minimum absolute atomic E-state index is 0.0193. The summed E-state index contributed by atoms with van der Waals surface area (Å²) in [5, 5.41) is 11.4. The zero-order valence-electron chi connectivity index (χ0n) is 14.2. The Morgan fingerprint density at radius 1 is 1.32 bits per heavy atom. The Balaban J connectivity index is 1.81. The Morgan fingerprint density at radius 3 is 2.56 bits per heavy atom. The molecule has 0 unspecified atom stereocenters. The van der Waals surface area contributed by atoms with Gasteiger partial charge in [-0.1, -0.05) is 6.92 Å². The van der Waals surface area contributed by atoms with Crippen molar-refractivity contribution in [3.05, 3.63) is 29.8 Å². The van der Waals surface area contributed by atoms with Crippen molar-refractivity contribution in [2.75, 3.05) is 38.0 Å². The largest absolute Gasteiger partial charge is 0.480 e. The predicted octanol–water partition coefficient (Wildman–Crippen LogP) is 1.77. The number of aliphatic carboxylic acids is 1. The fourth-order valence-electron chi connectivity index (χ4n) is 3.10. The van der Waals surface area contributed by atoms with E-state index in [1.54, 1.807) is 0 Å². The van der Waals surface area contributed by atoms with Gasteiger partial charge in [0.2, 0.25) is 5.91 Å². The molecule has 1 saturated heterocycles. The molecular weight excluding hydrogens is 332 g/mol. The highest BCUT2D eigenvalue weighted by molar-refractivity contribution is 5.92. The van der Waals surface area contributed by atoms with Crippen LogP contribution in [0.5, 0.6) is 0 Å². The van der Waals surface area contributed by atoms with Crippen molar-refractivity contribution in [2.45, 2.75) is 25.8 Å². The van der Waals surface area contributed by atoms with Crippen molar-refractivity contribution in [3.63, 3.8) is 0 Å². The molecule has 8 heteroatoms. The van der Waals surface area contributed by atoms with Crippen LogP contribution in [-0.4, -0.2) is 65.5 Å². The maximum Gasteiger partial charge on any atom is 0.317 e. The lowest BCUT2D eigenvalue weighted by molar-refractivity contribution is -0.139. The first kappa shape index (κ1) is 19.3. The molecule has 0 atom stereocenters. The van der Waals surface area contributed by atoms with Gasteiger partial charge < -0.3 is 10.4 Å². The molecule has 2 rings (SSSR count). The normalized spacial score (nSPS) is 16.2. The molecule has 6 nitrogen and oxygen atoms in total. The van der Waals surface area contributed by atoms with Crippen LogP contribution in [0.25, 0.3) is 0 Å². The highest BCUT2D eigenvalue weighted by atomic mass is 19.1. The Bertz CT molecular complexity index is 619. The number of nitrogens with one attached hydrogen (secondary N) is 1. The molecule has 138 valence electrons. The van der Waals surface area contributed by atoms with Crippen molar-refractivity contribution < 1.29 is 23.5 Å². The standard InChI is InChI=1S/C17H23F2N3O3/c1-2-22(11-17(24)25)13-5-7-21(8-6-13)10-16(23)20-15-4-3-12(18)9-14(15)19/h3-4,9,13H,2,5-8,10-11H2,1H3,(H,20,23)(H,24,25). The van der Waals surface area contributed by atoms with Crippen LogP contribution in [0.1, 0.15) is 19.8 Å². The van der Waals surface area contributed by atoms with E-state index in [0.29, 0.717) is 19.6 Å². The number of likely N-dealkylation sites (tertiary alicyclic amines) is 1. The van der Waals surface area contributed by atoms with E-state index in [2.05, 4.69) is 5.32 Å². The van der Waals surface area contributed by atoms with Gasteiger partial charge in [0.1, 0.15) is 11.6 Å². The second kappa shape index (κ2) is 8.87. The van der Waals surface area contributed by atoms with Crippen LogP contribution >= 0.6 is 0 Å². The van der Waals surface area contributed by atoms with Crippen LogP contribution in [0.3, 0.4) is 0 Å². The molecule has 1 amide bonds. The van der Waals surface area contributed by atoms with Crippen molar-refractivity contribution in [3.8, 4) is 0 Å². The molecule has 25 heavy (non-hydrogen) atoms. The number of anilines is 1. The number of carboxylic acid groups (broad SMARTS) is 1. The van der Waals surface area contributed by atoms with Gasteiger partial charge in [0.05, 0.1) is 18.8 Å². The number of rotatable bonds is 7. The highest BCUT2D eigenvalue weighted by Gasteiger charge is 2.26. The summed E-state index contributed by atoms with van der Waals surface area (Å²) in [6.07, 6.45) is 1.55. The molecule has 0 aliphatic carbocycles. The zero-order valence-corrected chi connectivity index (χ0v) is 14.2. The average Bonchev–Trinajstić information content (AvgIpc) is 2.56. The summed E-state index contributed by atoms with van der Waals surface area (Å²) in [5.74, 6) is -2.70. The molecule has 0 spiro atoms. The van der Waals surface area contributed by atoms with Gasteiger partial charge in [-0.3, -0.25) is 19.4 Å². The molecule has 1 aromatic carbocycles. The van der Waals surface area contributed by atoms with Crippen molar-refractivity contribution in [1.29, 1.82) is 0 Å². The summed E-state index contributed by atoms with van der Waals surface area (Å²) in [7, 11) is 0. The van der Waals surface area contributed by atoms with Crippen LogP contribution in [0, 0.1) is 11.6 Å². The first-order chi connectivity index (χ1) is 11.9. The van der Waals surface area contributed by atoms with E-state index in [0.717, 1.165) is 25.0 Å². The summed E-state index contributed by atoms with van der Waals surface area (Å²) < 4.78 is 26.4. The van der Waals surface area contributed by atoms with Crippen molar-refractivity contribution >= 4 is 17.6 Å². The van der Waals surface area contributed by atoms with Crippen molar-refractivity contribution in [1.82, 2.24) is 9.80 Å². The first-order valence-electron chi connectivity index (χ1n) is 8.32. The SMILES string of the molecule is CCN(CC(=O)O)C1CCN(CC(=O)Nc2ccc(F)cc2F)CC1. The van der Waals surface area contributed by atoms with E-state index in [9.17, 15) is 18.4 Å². The Hall–Kier alpha value is -2.06. The molecule has 1 aliphatic heterocycles. The third-order valence-corrected chi connectivity index (χ3v) is 4.39. The number of amides is 1. The predicted molar refractivity (Wildman–Crippen MR) is 89.3 cm³/mol. The van der Waals surface area contributed by atoms with Crippen LogP contribution in [0.15, 0.2) is 18.2 Å². The van der Waals surface area contributed by atoms with Crippen LogP contribution in [0.4, 0.5) is 14.5 Å². The monoisotopic (exact) mass is 355 g/mol. The van der Waals surface area contributed by atoms with E-state index in [1.165, 1.54) is 6.07 Å². The minimum Gasteiger partial charge on any atom is -0.480 e. The van der Waals surface area contributed by atoms with Gasteiger partial charge in [-0.25, -0.2) is 8.78 Å². The fourth-order valence-corrected chi connectivity index (χ4v) is 3.10. The van der Waals surface area contributed by atoms with Crippen LogP contribution in [-0.2, 0) is 9.59 Å². The maximum absolute atomic E-state index is 13.6. The second-order valence-electron chi connectivity index (χ2n) is 6.14. The molecule has 0 radical (unpaired) electrons. The summed E-state index contributed by atoms with van der Waals surface area (Å²) in [6, 6.07) is 3.20. The number of carbonyl (C=O) groups is 2. The van der Waals surface area contributed by atoms with Gasteiger partial charge in [0, 0.05) is 25.2 Å². The van der Waals surface area contributed by atoms with Gasteiger partial charge in [-0.15, -0.1) is 0 Å². The van der Waals surface area contributed by atoms with Gasteiger partial charge >= 0.3 is 5.97 Å². The molecule has 0 saturated carbocycles. The first-order valence-corrected chi connectivity index (χ1v) is 8.32. The lowest BCUT2D eigenvalue weighted by Gasteiger charge is -2.37. The van der Waals surface area contributed by atoms with Crippen molar-refractivity contribution in [2.24, 2.45) is 0 Å². The second-order valence-corrected chi connectivity index (χ2v) is 6.14.